The summed E-state index contributed by atoms with van der Waals surface area (Å²) in [6.07, 6.45) is 0. The van der Waals surface area contributed by atoms with Crippen LogP contribution in [0.3, 0.4) is 0 Å². The standard InChI is InChI=1S/C16H16Br2N2/c17-13-6-7-15(14(18)10-13)20-9-8-19-11-16(20)12-4-2-1-3-5-12/h1-7,10,16,19H,8-9,11H2. The minimum Gasteiger partial charge on any atom is -0.361 e. The first-order chi connectivity index (χ1) is 9.75. The van der Waals surface area contributed by atoms with Crippen LogP contribution in [0.4, 0.5) is 5.69 Å². The van der Waals surface area contributed by atoms with Gasteiger partial charge in [0.2, 0.25) is 0 Å². The van der Waals surface area contributed by atoms with Gasteiger partial charge in [-0.1, -0.05) is 46.3 Å². The van der Waals surface area contributed by atoms with Crippen LogP contribution in [0.1, 0.15) is 11.6 Å². The summed E-state index contributed by atoms with van der Waals surface area (Å²) in [5.41, 5.74) is 2.61. The highest BCUT2D eigenvalue weighted by atomic mass is 79.9. The Morgan fingerprint density at radius 3 is 2.60 bits per heavy atom. The highest BCUT2D eigenvalue weighted by molar-refractivity contribution is 9.11. The van der Waals surface area contributed by atoms with Gasteiger partial charge in [-0.25, -0.2) is 0 Å². The Kier molecular flexibility index (Phi) is 4.44. The number of piperazine rings is 1. The number of nitrogens with zero attached hydrogens (tertiary/aromatic N) is 1. The summed E-state index contributed by atoms with van der Waals surface area (Å²) in [5, 5.41) is 3.50. The van der Waals surface area contributed by atoms with Crippen molar-refractivity contribution >= 4 is 37.5 Å². The van der Waals surface area contributed by atoms with Gasteiger partial charge in [0, 0.05) is 28.6 Å². The van der Waals surface area contributed by atoms with E-state index in [1.165, 1.54) is 11.3 Å². The normalized spacial score (nSPS) is 19.1. The van der Waals surface area contributed by atoms with E-state index in [1.54, 1.807) is 0 Å². The number of anilines is 1. The molecule has 1 heterocycles. The zero-order chi connectivity index (χ0) is 13.9. The van der Waals surface area contributed by atoms with E-state index in [0.29, 0.717) is 6.04 Å². The molecule has 1 fully saturated rings. The van der Waals surface area contributed by atoms with Gasteiger partial charge < -0.3 is 10.2 Å². The van der Waals surface area contributed by atoms with Crippen molar-refractivity contribution in [1.82, 2.24) is 5.32 Å². The first-order valence-electron chi connectivity index (χ1n) is 6.73. The van der Waals surface area contributed by atoms with Crippen LogP contribution in [-0.2, 0) is 0 Å². The largest absolute Gasteiger partial charge is 0.361 e. The van der Waals surface area contributed by atoms with Crippen LogP contribution < -0.4 is 10.2 Å². The molecule has 0 aliphatic carbocycles. The van der Waals surface area contributed by atoms with Crippen LogP contribution in [0.2, 0.25) is 0 Å². The van der Waals surface area contributed by atoms with E-state index < -0.39 is 0 Å². The van der Waals surface area contributed by atoms with Crippen LogP contribution >= 0.6 is 31.9 Å². The maximum Gasteiger partial charge on any atom is 0.0667 e. The van der Waals surface area contributed by atoms with Crippen molar-refractivity contribution in [3.05, 3.63) is 63.0 Å². The van der Waals surface area contributed by atoms with Crippen LogP contribution in [0, 0.1) is 0 Å². The summed E-state index contributed by atoms with van der Waals surface area (Å²) in [4.78, 5) is 2.47. The number of nitrogens with one attached hydrogen (secondary N) is 1. The number of halogens is 2. The van der Waals surface area contributed by atoms with Crippen molar-refractivity contribution in [1.29, 1.82) is 0 Å². The summed E-state index contributed by atoms with van der Waals surface area (Å²) in [5.74, 6) is 0. The van der Waals surface area contributed by atoms with Gasteiger partial charge in [0.05, 0.1) is 11.7 Å². The van der Waals surface area contributed by atoms with Crippen molar-refractivity contribution in [3.8, 4) is 0 Å². The highest BCUT2D eigenvalue weighted by Gasteiger charge is 2.25. The van der Waals surface area contributed by atoms with Crippen molar-refractivity contribution in [2.24, 2.45) is 0 Å². The minimum absolute atomic E-state index is 0.377. The first-order valence-corrected chi connectivity index (χ1v) is 8.31. The molecule has 4 heteroatoms. The molecule has 3 rings (SSSR count). The Bertz CT molecular complexity index is 586. The molecular formula is C16H16Br2N2. The average Bonchev–Trinajstić information content (AvgIpc) is 2.48. The third-order valence-corrected chi connectivity index (χ3v) is 4.78. The van der Waals surface area contributed by atoms with E-state index in [2.05, 4.69) is 90.6 Å². The Morgan fingerprint density at radius 1 is 1.05 bits per heavy atom. The van der Waals surface area contributed by atoms with Gasteiger partial charge in [-0.05, 0) is 39.7 Å². The molecule has 0 saturated carbocycles. The molecule has 1 aliphatic rings. The van der Waals surface area contributed by atoms with Gasteiger partial charge in [0.15, 0.2) is 0 Å². The number of hydrogen-bond acceptors (Lipinski definition) is 2. The molecular weight excluding hydrogens is 380 g/mol. The van der Waals surface area contributed by atoms with E-state index in [-0.39, 0.29) is 0 Å². The fourth-order valence-electron chi connectivity index (χ4n) is 2.68. The molecule has 1 N–H and O–H groups in total. The summed E-state index contributed by atoms with van der Waals surface area (Å²) in [6.45, 7) is 3.01. The summed E-state index contributed by atoms with van der Waals surface area (Å²) in [7, 11) is 0. The predicted octanol–water partition coefficient (Wildman–Crippen LogP) is 4.36. The maximum atomic E-state index is 3.69. The zero-order valence-electron chi connectivity index (χ0n) is 11.0. The van der Waals surface area contributed by atoms with Crippen molar-refractivity contribution in [2.45, 2.75) is 6.04 Å². The molecule has 0 spiro atoms. The van der Waals surface area contributed by atoms with E-state index in [9.17, 15) is 0 Å². The third-order valence-electron chi connectivity index (χ3n) is 3.65. The van der Waals surface area contributed by atoms with Gasteiger partial charge in [0.25, 0.3) is 0 Å². The average molecular weight is 396 g/mol. The lowest BCUT2D eigenvalue weighted by Gasteiger charge is -2.39. The molecule has 20 heavy (non-hydrogen) atoms. The first kappa shape index (κ1) is 14.1. The predicted molar refractivity (Wildman–Crippen MR) is 91.2 cm³/mol. The fraction of sp³-hybridized carbons (Fsp3) is 0.250. The SMILES string of the molecule is Brc1ccc(N2CCNCC2c2ccccc2)c(Br)c1. The number of benzene rings is 2. The molecule has 0 bridgehead atoms. The fourth-order valence-corrected chi connectivity index (χ4v) is 3.95. The molecule has 1 atom stereocenters. The van der Waals surface area contributed by atoms with Crippen molar-refractivity contribution in [2.75, 3.05) is 24.5 Å². The molecule has 0 amide bonds. The topological polar surface area (TPSA) is 15.3 Å². The Hall–Kier alpha value is -0.840. The summed E-state index contributed by atoms with van der Waals surface area (Å²) >= 11 is 7.21. The molecule has 104 valence electrons. The molecule has 2 aromatic rings. The van der Waals surface area contributed by atoms with Crippen molar-refractivity contribution < 1.29 is 0 Å². The molecule has 0 aromatic heterocycles. The molecule has 1 unspecified atom stereocenters. The van der Waals surface area contributed by atoms with Crippen LogP contribution in [0.25, 0.3) is 0 Å². The summed E-state index contributed by atoms with van der Waals surface area (Å²) in [6, 6.07) is 17.5. The van der Waals surface area contributed by atoms with E-state index in [4.69, 9.17) is 0 Å². The van der Waals surface area contributed by atoms with Gasteiger partial charge in [0.1, 0.15) is 0 Å². The monoisotopic (exact) mass is 394 g/mol. The van der Waals surface area contributed by atoms with Crippen LogP contribution in [-0.4, -0.2) is 19.6 Å². The third kappa shape index (κ3) is 2.92. The second-order valence-electron chi connectivity index (χ2n) is 4.92. The van der Waals surface area contributed by atoms with E-state index in [1.807, 2.05) is 0 Å². The van der Waals surface area contributed by atoms with E-state index >= 15 is 0 Å². The second-order valence-corrected chi connectivity index (χ2v) is 6.69. The molecule has 0 radical (unpaired) electrons. The smallest absolute Gasteiger partial charge is 0.0667 e. The quantitative estimate of drug-likeness (QED) is 0.812. The van der Waals surface area contributed by atoms with Gasteiger partial charge in [-0.2, -0.15) is 0 Å². The lowest BCUT2D eigenvalue weighted by molar-refractivity contribution is 0.489. The Labute approximate surface area is 136 Å². The number of rotatable bonds is 2. The van der Waals surface area contributed by atoms with Crippen molar-refractivity contribution in [3.63, 3.8) is 0 Å². The van der Waals surface area contributed by atoms with Gasteiger partial charge in [-0.15, -0.1) is 0 Å². The van der Waals surface area contributed by atoms with E-state index in [0.717, 1.165) is 28.6 Å². The van der Waals surface area contributed by atoms with Gasteiger partial charge in [-0.3, -0.25) is 0 Å². The minimum atomic E-state index is 0.377. The zero-order valence-corrected chi connectivity index (χ0v) is 14.2. The van der Waals surface area contributed by atoms with Gasteiger partial charge >= 0.3 is 0 Å². The Morgan fingerprint density at radius 2 is 1.85 bits per heavy atom. The molecule has 1 aliphatic heterocycles. The maximum absolute atomic E-state index is 3.69. The molecule has 1 saturated heterocycles. The van der Waals surface area contributed by atoms with Crippen LogP contribution in [0.5, 0.6) is 0 Å². The second kappa shape index (κ2) is 6.29. The van der Waals surface area contributed by atoms with Crippen LogP contribution in [0.15, 0.2) is 57.5 Å². The lowest BCUT2D eigenvalue weighted by atomic mass is 10.0. The summed E-state index contributed by atoms with van der Waals surface area (Å²) < 4.78 is 2.23. The molecule has 2 nitrogen and oxygen atoms in total. The molecule has 2 aromatic carbocycles. The highest BCUT2D eigenvalue weighted by Crippen LogP contribution is 2.35. The number of hydrogen-bond donors (Lipinski definition) is 1. The Balaban J connectivity index is 1.97. The lowest BCUT2D eigenvalue weighted by Crippen LogP contribution is -2.46.